The highest BCUT2D eigenvalue weighted by Gasteiger charge is 2.31. The van der Waals surface area contributed by atoms with E-state index in [9.17, 15) is 9.59 Å². The van der Waals surface area contributed by atoms with Gasteiger partial charge in [0.2, 0.25) is 5.91 Å². The lowest BCUT2D eigenvalue weighted by atomic mass is 9.93. The molecule has 1 saturated heterocycles. The number of carbonyl (C=O) groups is 2. The topological polar surface area (TPSA) is 53.8 Å². The van der Waals surface area contributed by atoms with E-state index < -0.39 is 0 Å². The lowest BCUT2D eigenvalue weighted by Gasteiger charge is -2.36. The smallest absolute Gasteiger partial charge is 0.257 e. The van der Waals surface area contributed by atoms with Crippen LogP contribution in [0.1, 0.15) is 34.3 Å². The summed E-state index contributed by atoms with van der Waals surface area (Å²) in [4.78, 5) is 29.0. The van der Waals surface area contributed by atoms with Crippen LogP contribution < -0.4 is 0 Å². The van der Waals surface area contributed by atoms with Crippen molar-refractivity contribution in [3.05, 3.63) is 59.5 Å². The second-order valence-corrected chi connectivity index (χ2v) is 6.86. The van der Waals surface area contributed by atoms with Gasteiger partial charge in [-0.3, -0.25) is 9.59 Å². The Morgan fingerprint density at radius 1 is 0.960 bits per heavy atom. The van der Waals surface area contributed by atoms with Gasteiger partial charge in [-0.1, -0.05) is 24.3 Å². The molecule has 0 unspecified atom stereocenters. The van der Waals surface area contributed by atoms with Crippen LogP contribution >= 0.6 is 0 Å². The molecular weight excluding hydrogens is 316 g/mol. The van der Waals surface area contributed by atoms with E-state index in [1.54, 1.807) is 6.07 Å². The first-order valence-electron chi connectivity index (χ1n) is 8.89. The van der Waals surface area contributed by atoms with Crippen molar-refractivity contribution in [2.75, 3.05) is 19.6 Å². The molecular formula is C20H22N2O3. The summed E-state index contributed by atoms with van der Waals surface area (Å²) in [6, 6.07) is 10.0. The number of amides is 2. The average Bonchev–Trinajstić information content (AvgIpc) is 3.21. The van der Waals surface area contributed by atoms with Crippen LogP contribution in [0.2, 0.25) is 0 Å². The van der Waals surface area contributed by atoms with Crippen molar-refractivity contribution in [3.63, 3.8) is 0 Å². The number of likely N-dealkylation sites (tertiary alicyclic amines) is 1. The number of benzene rings is 1. The molecule has 4 rings (SSSR count). The van der Waals surface area contributed by atoms with Crippen molar-refractivity contribution in [1.29, 1.82) is 0 Å². The van der Waals surface area contributed by atoms with Crippen LogP contribution in [0.15, 0.2) is 47.3 Å². The van der Waals surface area contributed by atoms with Crippen molar-refractivity contribution >= 4 is 11.8 Å². The largest absolute Gasteiger partial charge is 0.472 e. The Kier molecular flexibility index (Phi) is 4.30. The van der Waals surface area contributed by atoms with Gasteiger partial charge < -0.3 is 14.2 Å². The molecule has 130 valence electrons. The van der Waals surface area contributed by atoms with Gasteiger partial charge in [0.15, 0.2) is 0 Å². The van der Waals surface area contributed by atoms with Crippen molar-refractivity contribution in [2.24, 2.45) is 5.92 Å². The van der Waals surface area contributed by atoms with Gasteiger partial charge in [0, 0.05) is 32.1 Å². The first-order valence-corrected chi connectivity index (χ1v) is 8.89. The fourth-order valence-corrected chi connectivity index (χ4v) is 3.84. The minimum absolute atomic E-state index is 0.00783. The molecule has 25 heavy (non-hydrogen) atoms. The predicted molar refractivity (Wildman–Crippen MR) is 92.9 cm³/mol. The van der Waals surface area contributed by atoms with Crippen LogP contribution in [-0.4, -0.2) is 41.2 Å². The van der Waals surface area contributed by atoms with Crippen molar-refractivity contribution in [1.82, 2.24) is 9.80 Å². The van der Waals surface area contributed by atoms with E-state index in [1.165, 1.54) is 23.7 Å². The first kappa shape index (κ1) is 15.9. The standard InChI is InChI=1S/C20H22N2O3/c23-19(22-11-5-15-3-1-2-4-17(15)13-22)16-6-9-21(10-7-16)20(24)18-8-12-25-14-18/h1-4,8,12,14,16H,5-7,9-11,13H2. The molecule has 5 heteroatoms. The second kappa shape index (κ2) is 6.75. The van der Waals surface area contributed by atoms with E-state index in [0.29, 0.717) is 25.2 Å². The zero-order valence-electron chi connectivity index (χ0n) is 14.2. The molecule has 5 nitrogen and oxygen atoms in total. The number of rotatable bonds is 2. The average molecular weight is 338 g/mol. The quantitative estimate of drug-likeness (QED) is 0.846. The van der Waals surface area contributed by atoms with Crippen LogP contribution in [0.3, 0.4) is 0 Å². The Morgan fingerprint density at radius 2 is 1.72 bits per heavy atom. The number of hydrogen-bond donors (Lipinski definition) is 0. The Morgan fingerprint density at radius 3 is 2.44 bits per heavy atom. The van der Waals surface area contributed by atoms with Gasteiger partial charge in [-0.25, -0.2) is 0 Å². The maximum atomic E-state index is 12.9. The van der Waals surface area contributed by atoms with E-state index in [2.05, 4.69) is 18.2 Å². The predicted octanol–water partition coefficient (Wildman–Crippen LogP) is 2.72. The Hall–Kier alpha value is -2.56. The number of hydrogen-bond acceptors (Lipinski definition) is 3. The summed E-state index contributed by atoms with van der Waals surface area (Å²) >= 11 is 0. The van der Waals surface area contributed by atoms with Crippen molar-refractivity contribution in [2.45, 2.75) is 25.8 Å². The molecule has 0 spiro atoms. The number of piperidine rings is 1. The molecule has 2 aliphatic rings. The van der Waals surface area contributed by atoms with E-state index in [0.717, 1.165) is 25.8 Å². The lowest BCUT2D eigenvalue weighted by Crippen LogP contribution is -2.45. The molecule has 0 atom stereocenters. The van der Waals surface area contributed by atoms with Crippen LogP contribution in [0.25, 0.3) is 0 Å². The summed E-state index contributed by atoms with van der Waals surface area (Å²) < 4.78 is 4.99. The van der Waals surface area contributed by atoms with Gasteiger partial charge in [0.25, 0.3) is 5.91 Å². The maximum absolute atomic E-state index is 12.9. The molecule has 1 aromatic carbocycles. The van der Waals surface area contributed by atoms with Gasteiger partial charge in [-0.2, -0.15) is 0 Å². The zero-order valence-corrected chi connectivity index (χ0v) is 14.2. The Labute approximate surface area is 147 Å². The van der Waals surface area contributed by atoms with Crippen LogP contribution in [0, 0.1) is 5.92 Å². The third-order valence-corrected chi connectivity index (χ3v) is 5.34. The minimum atomic E-state index is -0.00783. The molecule has 0 saturated carbocycles. The summed E-state index contributed by atoms with van der Waals surface area (Å²) in [5.41, 5.74) is 3.19. The van der Waals surface area contributed by atoms with Crippen molar-refractivity contribution in [3.8, 4) is 0 Å². The molecule has 2 amide bonds. The monoisotopic (exact) mass is 338 g/mol. The summed E-state index contributed by atoms with van der Waals surface area (Å²) in [5, 5.41) is 0. The fraction of sp³-hybridized carbons (Fsp3) is 0.400. The summed E-state index contributed by atoms with van der Waals surface area (Å²) in [7, 11) is 0. The molecule has 0 radical (unpaired) electrons. The van der Waals surface area contributed by atoms with Gasteiger partial charge in [0.05, 0.1) is 11.8 Å². The van der Waals surface area contributed by atoms with E-state index in [1.807, 2.05) is 15.9 Å². The van der Waals surface area contributed by atoms with Gasteiger partial charge in [-0.15, -0.1) is 0 Å². The minimum Gasteiger partial charge on any atom is -0.472 e. The first-order chi connectivity index (χ1) is 12.2. The Bertz CT molecular complexity index is 761. The zero-order chi connectivity index (χ0) is 17.2. The molecule has 2 aromatic rings. The number of carbonyl (C=O) groups excluding carboxylic acids is 2. The second-order valence-electron chi connectivity index (χ2n) is 6.86. The Balaban J connectivity index is 1.35. The van der Waals surface area contributed by atoms with E-state index in [-0.39, 0.29) is 17.7 Å². The molecule has 0 bridgehead atoms. The van der Waals surface area contributed by atoms with Gasteiger partial charge >= 0.3 is 0 Å². The SMILES string of the molecule is O=C(c1ccoc1)N1CCC(C(=O)N2CCc3ccccc3C2)CC1. The summed E-state index contributed by atoms with van der Waals surface area (Å²) in [5.74, 6) is 0.259. The van der Waals surface area contributed by atoms with Crippen LogP contribution in [0.4, 0.5) is 0 Å². The molecule has 1 fully saturated rings. The number of nitrogens with zero attached hydrogens (tertiary/aromatic N) is 2. The van der Waals surface area contributed by atoms with Gasteiger partial charge in [0.1, 0.15) is 6.26 Å². The fourth-order valence-electron chi connectivity index (χ4n) is 3.84. The van der Waals surface area contributed by atoms with Crippen molar-refractivity contribution < 1.29 is 14.0 Å². The maximum Gasteiger partial charge on any atom is 0.257 e. The normalized spacial score (nSPS) is 18.1. The lowest BCUT2D eigenvalue weighted by molar-refractivity contribution is -0.137. The highest BCUT2D eigenvalue weighted by molar-refractivity contribution is 5.94. The van der Waals surface area contributed by atoms with Crippen LogP contribution in [0.5, 0.6) is 0 Å². The molecule has 2 aliphatic heterocycles. The number of fused-ring (bicyclic) bond motifs is 1. The molecule has 0 aliphatic carbocycles. The third-order valence-electron chi connectivity index (χ3n) is 5.34. The molecule has 3 heterocycles. The summed E-state index contributed by atoms with van der Waals surface area (Å²) in [6.07, 6.45) is 5.39. The molecule has 0 N–H and O–H groups in total. The highest BCUT2D eigenvalue weighted by Crippen LogP contribution is 2.25. The third kappa shape index (κ3) is 3.18. The number of furan rings is 1. The highest BCUT2D eigenvalue weighted by atomic mass is 16.3. The van der Waals surface area contributed by atoms with E-state index in [4.69, 9.17) is 4.42 Å². The molecule has 1 aromatic heterocycles. The van der Waals surface area contributed by atoms with Crippen LogP contribution in [-0.2, 0) is 17.8 Å². The summed E-state index contributed by atoms with van der Waals surface area (Å²) in [6.45, 7) is 2.77. The van der Waals surface area contributed by atoms with E-state index >= 15 is 0 Å². The van der Waals surface area contributed by atoms with Gasteiger partial charge in [-0.05, 0) is 36.5 Å².